The Hall–Kier alpha value is -2.29. The van der Waals surface area contributed by atoms with Gasteiger partial charge in [-0.1, -0.05) is 12.1 Å². The van der Waals surface area contributed by atoms with Gasteiger partial charge in [-0.2, -0.15) is 0 Å². The minimum atomic E-state index is -0.0322. The van der Waals surface area contributed by atoms with Gasteiger partial charge in [0.2, 0.25) is 0 Å². The minimum Gasteiger partial charge on any atom is -0.399 e. The summed E-state index contributed by atoms with van der Waals surface area (Å²) in [7, 11) is 1.81. The molecule has 2 aromatic rings. The van der Waals surface area contributed by atoms with Gasteiger partial charge in [0.1, 0.15) is 0 Å². The standard InChI is InChI=1S/C17H18N2O/c1-19(17(20)14-6-3-7-15(18)10-14)16-9-8-12-4-2-5-13(12)11-16/h3,6-11H,2,4-5,18H2,1H3. The van der Waals surface area contributed by atoms with Gasteiger partial charge in [-0.15, -0.1) is 0 Å². The Labute approximate surface area is 119 Å². The van der Waals surface area contributed by atoms with E-state index >= 15 is 0 Å². The first-order chi connectivity index (χ1) is 9.65. The second-order valence-electron chi connectivity index (χ2n) is 5.30. The first-order valence-electron chi connectivity index (χ1n) is 6.90. The molecule has 0 aliphatic heterocycles. The van der Waals surface area contributed by atoms with Crippen LogP contribution in [0.1, 0.15) is 27.9 Å². The summed E-state index contributed by atoms with van der Waals surface area (Å²) in [5.74, 6) is -0.0322. The molecule has 0 atom stereocenters. The first kappa shape index (κ1) is 12.7. The quantitative estimate of drug-likeness (QED) is 0.849. The van der Waals surface area contributed by atoms with Crippen LogP contribution in [0.3, 0.4) is 0 Å². The largest absolute Gasteiger partial charge is 0.399 e. The molecule has 0 saturated carbocycles. The third-order valence-corrected chi connectivity index (χ3v) is 3.91. The number of hydrogen-bond donors (Lipinski definition) is 1. The van der Waals surface area contributed by atoms with Crippen LogP contribution in [-0.4, -0.2) is 13.0 Å². The first-order valence-corrected chi connectivity index (χ1v) is 6.90. The Morgan fingerprint density at radius 2 is 1.90 bits per heavy atom. The summed E-state index contributed by atoms with van der Waals surface area (Å²) in [5, 5.41) is 0. The fourth-order valence-electron chi connectivity index (χ4n) is 2.75. The number of benzene rings is 2. The topological polar surface area (TPSA) is 46.3 Å². The number of carbonyl (C=O) groups excluding carboxylic acids is 1. The zero-order valence-corrected chi connectivity index (χ0v) is 11.6. The molecule has 0 saturated heterocycles. The van der Waals surface area contributed by atoms with E-state index in [4.69, 9.17) is 5.73 Å². The molecule has 1 amide bonds. The van der Waals surface area contributed by atoms with Crippen molar-refractivity contribution < 1.29 is 4.79 Å². The van der Waals surface area contributed by atoms with Gasteiger partial charge in [-0.25, -0.2) is 0 Å². The zero-order chi connectivity index (χ0) is 14.1. The van der Waals surface area contributed by atoms with Crippen LogP contribution in [0, 0.1) is 0 Å². The van der Waals surface area contributed by atoms with Crippen LogP contribution in [0.5, 0.6) is 0 Å². The van der Waals surface area contributed by atoms with E-state index in [1.165, 1.54) is 17.5 Å². The van der Waals surface area contributed by atoms with Crippen molar-refractivity contribution in [3.05, 3.63) is 59.2 Å². The maximum absolute atomic E-state index is 12.5. The number of carbonyl (C=O) groups is 1. The van der Waals surface area contributed by atoms with E-state index in [9.17, 15) is 4.79 Å². The number of nitrogens with two attached hydrogens (primary N) is 1. The van der Waals surface area contributed by atoms with Crippen molar-refractivity contribution in [2.24, 2.45) is 0 Å². The number of aryl methyl sites for hydroxylation is 2. The molecule has 0 bridgehead atoms. The lowest BCUT2D eigenvalue weighted by Gasteiger charge is -2.18. The van der Waals surface area contributed by atoms with E-state index in [1.54, 1.807) is 29.2 Å². The highest BCUT2D eigenvalue weighted by atomic mass is 16.2. The van der Waals surface area contributed by atoms with Crippen LogP contribution in [0.15, 0.2) is 42.5 Å². The second kappa shape index (κ2) is 5.00. The molecule has 0 radical (unpaired) electrons. The van der Waals surface area contributed by atoms with E-state index < -0.39 is 0 Å². The molecular weight excluding hydrogens is 248 g/mol. The molecule has 3 nitrogen and oxygen atoms in total. The Morgan fingerprint density at radius 1 is 1.10 bits per heavy atom. The number of amides is 1. The molecule has 2 N–H and O–H groups in total. The fraction of sp³-hybridized carbons (Fsp3) is 0.235. The summed E-state index contributed by atoms with van der Waals surface area (Å²) in [4.78, 5) is 14.2. The number of fused-ring (bicyclic) bond motifs is 1. The van der Waals surface area contributed by atoms with Crippen LogP contribution in [0.2, 0.25) is 0 Å². The third-order valence-electron chi connectivity index (χ3n) is 3.91. The molecule has 1 aliphatic rings. The van der Waals surface area contributed by atoms with E-state index in [0.29, 0.717) is 11.3 Å². The van der Waals surface area contributed by atoms with Crippen molar-refractivity contribution in [3.63, 3.8) is 0 Å². The Bertz CT molecular complexity index is 664. The van der Waals surface area contributed by atoms with Crippen LogP contribution in [0.4, 0.5) is 11.4 Å². The van der Waals surface area contributed by atoms with Crippen molar-refractivity contribution in [1.29, 1.82) is 0 Å². The van der Waals surface area contributed by atoms with Crippen molar-refractivity contribution in [2.75, 3.05) is 17.7 Å². The monoisotopic (exact) mass is 266 g/mol. The summed E-state index contributed by atoms with van der Waals surface area (Å²) < 4.78 is 0. The lowest BCUT2D eigenvalue weighted by atomic mass is 10.1. The van der Waals surface area contributed by atoms with Crippen molar-refractivity contribution >= 4 is 17.3 Å². The van der Waals surface area contributed by atoms with Gasteiger partial charge in [-0.05, 0) is 60.7 Å². The molecule has 0 aromatic heterocycles. The maximum atomic E-state index is 12.5. The fourth-order valence-corrected chi connectivity index (χ4v) is 2.75. The van der Waals surface area contributed by atoms with Gasteiger partial charge in [0.15, 0.2) is 0 Å². The molecular formula is C17H18N2O. The summed E-state index contributed by atoms with van der Waals surface area (Å²) in [6.45, 7) is 0. The zero-order valence-electron chi connectivity index (χ0n) is 11.6. The molecule has 3 rings (SSSR count). The second-order valence-corrected chi connectivity index (χ2v) is 5.30. The SMILES string of the molecule is CN(C(=O)c1cccc(N)c1)c1ccc2c(c1)CCC2. The van der Waals surface area contributed by atoms with Gasteiger partial charge < -0.3 is 10.6 Å². The van der Waals surface area contributed by atoms with Crippen LogP contribution in [0.25, 0.3) is 0 Å². The number of rotatable bonds is 2. The molecule has 0 unspecified atom stereocenters. The van der Waals surface area contributed by atoms with Crippen LogP contribution in [-0.2, 0) is 12.8 Å². The van der Waals surface area contributed by atoms with Gasteiger partial charge >= 0.3 is 0 Å². The van der Waals surface area contributed by atoms with Gasteiger partial charge in [0.25, 0.3) is 5.91 Å². The summed E-state index contributed by atoms with van der Waals surface area (Å²) >= 11 is 0. The highest BCUT2D eigenvalue weighted by Crippen LogP contribution is 2.27. The number of hydrogen-bond acceptors (Lipinski definition) is 2. The molecule has 20 heavy (non-hydrogen) atoms. The molecule has 2 aromatic carbocycles. The van der Waals surface area contributed by atoms with Crippen molar-refractivity contribution in [2.45, 2.75) is 19.3 Å². The average molecular weight is 266 g/mol. The predicted molar refractivity (Wildman–Crippen MR) is 82.1 cm³/mol. The van der Waals surface area contributed by atoms with Gasteiger partial charge in [0.05, 0.1) is 0 Å². The lowest BCUT2D eigenvalue weighted by Crippen LogP contribution is -2.26. The Balaban J connectivity index is 1.88. The van der Waals surface area contributed by atoms with E-state index in [0.717, 1.165) is 18.5 Å². The predicted octanol–water partition coefficient (Wildman–Crippen LogP) is 3.03. The van der Waals surface area contributed by atoms with Gasteiger partial charge in [0, 0.05) is 24.0 Å². The third kappa shape index (κ3) is 2.27. The lowest BCUT2D eigenvalue weighted by molar-refractivity contribution is 0.0993. The molecule has 0 heterocycles. The van der Waals surface area contributed by atoms with Crippen molar-refractivity contribution in [3.8, 4) is 0 Å². The Morgan fingerprint density at radius 3 is 2.70 bits per heavy atom. The molecule has 1 aliphatic carbocycles. The number of nitrogen functional groups attached to an aromatic ring is 1. The number of anilines is 2. The molecule has 3 heteroatoms. The van der Waals surface area contributed by atoms with E-state index in [1.807, 2.05) is 13.1 Å². The molecule has 0 spiro atoms. The minimum absolute atomic E-state index is 0.0322. The van der Waals surface area contributed by atoms with Gasteiger partial charge in [-0.3, -0.25) is 4.79 Å². The highest BCUT2D eigenvalue weighted by molar-refractivity contribution is 6.06. The van der Waals surface area contributed by atoms with E-state index in [2.05, 4.69) is 12.1 Å². The van der Waals surface area contributed by atoms with E-state index in [-0.39, 0.29) is 5.91 Å². The smallest absolute Gasteiger partial charge is 0.258 e. The normalized spacial score (nSPS) is 13.1. The average Bonchev–Trinajstić information content (AvgIpc) is 2.93. The van der Waals surface area contributed by atoms with Crippen molar-refractivity contribution in [1.82, 2.24) is 0 Å². The summed E-state index contributed by atoms with van der Waals surface area (Å²) in [6, 6.07) is 13.4. The molecule has 0 fully saturated rings. The highest BCUT2D eigenvalue weighted by Gasteiger charge is 2.16. The molecule has 102 valence electrons. The summed E-state index contributed by atoms with van der Waals surface area (Å²) in [5.41, 5.74) is 10.7. The Kier molecular flexibility index (Phi) is 3.18. The maximum Gasteiger partial charge on any atom is 0.258 e. The van der Waals surface area contributed by atoms with Crippen LogP contribution >= 0.6 is 0 Å². The van der Waals surface area contributed by atoms with Crippen LogP contribution < -0.4 is 10.6 Å². The number of nitrogens with zero attached hydrogens (tertiary/aromatic N) is 1. The summed E-state index contributed by atoms with van der Waals surface area (Å²) in [6.07, 6.45) is 3.48.